The van der Waals surface area contributed by atoms with Gasteiger partial charge in [-0.25, -0.2) is 8.42 Å². The second kappa shape index (κ2) is 10.2. The van der Waals surface area contributed by atoms with Crippen LogP contribution >= 0.6 is 0 Å². The molecule has 1 fully saturated rings. The summed E-state index contributed by atoms with van der Waals surface area (Å²) in [5, 5.41) is 0. The lowest BCUT2D eigenvalue weighted by molar-refractivity contribution is -0.130. The summed E-state index contributed by atoms with van der Waals surface area (Å²) in [6, 6.07) is 4.71. The number of sulfonamides is 1. The van der Waals surface area contributed by atoms with E-state index in [1.54, 1.807) is 44.0 Å². The Kier molecular flexibility index (Phi) is 7.82. The lowest BCUT2D eigenvalue weighted by Crippen LogP contribution is -2.57. The fraction of sp³-hybridized carbons (Fsp3) is 0.652. The molecule has 0 N–H and O–H groups in total. The van der Waals surface area contributed by atoms with Crippen LogP contribution in [-0.4, -0.2) is 75.3 Å². The number of likely N-dealkylation sites (N-methyl/N-ethyl adjacent to an activating group) is 1. The molecule has 8 nitrogen and oxygen atoms in total. The Bertz CT molecular complexity index is 945. The molecule has 0 unspecified atom stereocenters. The Labute approximate surface area is 192 Å². The highest BCUT2D eigenvalue weighted by molar-refractivity contribution is 7.89. The zero-order chi connectivity index (χ0) is 23.5. The van der Waals surface area contributed by atoms with E-state index < -0.39 is 10.0 Å². The van der Waals surface area contributed by atoms with E-state index in [4.69, 9.17) is 0 Å². The number of hydrogen-bond acceptors (Lipinski definition) is 5. The Hall–Kier alpha value is -2.13. The largest absolute Gasteiger partial charge is 0.358 e. The summed E-state index contributed by atoms with van der Waals surface area (Å²) in [4.78, 5) is 31.8. The Balaban J connectivity index is 2.02. The van der Waals surface area contributed by atoms with Crippen molar-refractivity contribution in [3.8, 4) is 0 Å². The highest BCUT2D eigenvalue weighted by Gasteiger charge is 2.41. The quantitative estimate of drug-likeness (QED) is 0.561. The summed E-state index contributed by atoms with van der Waals surface area (Å²) in [5.41, 5.74) is 1.34. The van der Waals surface area contributed by atoms with Crippen molar-refractivity contribution < 1.29 is 18.0 Å². The summed E-state index contributed by atoms with van der Waals surface area (Å²) in [5.74, 6) is -0.258. The standard InChI is InChI=1S/C23H36N4O4S/c1-5-8-14-24(4)22(28)17-27-21-16-18(32(30,31)25(6-2)7-3)12-13-19(21)26-15-10-9-11-20(26)23(27)29/h12-13,16,20H,5-11,14-15,17H2,1-4H3/t20-/m0/s1. The van der Waals surface area contributed by atoms with Crippen LogP contribution in [0.1, 0.15) is 52.9 Å². The molecule has 2 heterocycles. The Morgan fingerprint density at radius 1 is 1.12 bits per heavy atom. The van der Waals surface area contributed by atoms with Crippen molar-refractivity contribution in [2.24, 2.45) is 0 Å². The van der Waals surface area contributed by atoms with Gasteiger partial charge in [0.25, 0.3) is 0 Å². The van der Waals surface area contributed by atoms with Gasteiger partial charge in [-0.1, -0.05) is 27.2 Å². The number of unbranched alkanes of at least 4 members (excludes halogenated alkanes) is 1. The molecule has 0 spiro atoms. The van der Waals surface area contributed by atoms with E-state index in [2.05, 4.69) is 11.8 Å². The zero-order valence-corrected chi connectivity index (χ0v) is 20.5. The van der Waals surface area contributed by atoms with Crippen molar-refractivity contribution in [1.82, 2.24) is 9.21 Å². The third kappa shape index (κ3) is 4.64. The van der Waals surface area contributed by atoms with Gasteiger partial charge in [-0.15, -0.1) is 0 Å². The number of hydrogen-bond donors (Lipinski definition) is 0. The predicted molar refractivity (Wildman–Crippen MR) is 126 cm³/mol. The van der Waals surface area contributed by atoms with Crippen LogP contribution in [0, 0.1) is 0 Å². The average molecular weight is 465 g/mol. The maximum atomic E-state index is 13.5. The monoisotopic (exact) mass is 464 g/mol. The third-order valence-corrected chi connectivity index (χ3v) is 8.56. The summed E-state index contributed by atoms with van der Waals surface area (Å²) in [6.07, 6.45) is 4.58. The number of nitrogens with zero attached hydrogens (tertiary/aromatic N) is 4. The van der Waals surface area contributed by atoms with Crippen LogP contribution in [-0.2, 0) is 19.6 Å². The molecule has 2 aliphatic heterocycles. The summed E-state index contributed by atoms with van der Waals surface area (Å²) in [7, 11) is -1.93. The molecular weight excluding hydrogens is 428 g/mol. The molecule has 32 heavy (non-hydrogen) atoms. The third-order valence-electron chi connectivity index (χ3n) is 6.51. The van der Waals surface area contributed by atoms with Gasteiger partial charge in [-0.05, 0) is 43.9 Å². The van der Waals surface area contributed by atoms with Crippen molar-refractivity contribution >= 4 is 33.2 Å². The Morgan fingerprint density at radius 3 is 2.50 bits per heavy atom. The molecule has 9 heteroatoms. The number of piperidine rings is 1. The fourth-order valence-corrected chi connectivity index (χ4v) is 6.03. The smallest absolute Gasteiger partial charge is 0.250 e. The van der Waals surface area contributed by atoms with Crippen molar-refractivity contribution in [2.75, 3.05) is 49.6 Å². The maximum absolute atomic E-state index is 13.5. The van der Waals surface area contributed by atoms with Crippen molar-refractivity contribution in [3.63, 3.8) is 0 Å². The first-order chi connectivity index (χ1) is 15.3. The molecule has 1 aromatic rings. The molecule has 0 bridgehead atoms. The van der Waals surface area contributed by atoms with Gasteiger partial charge in [0.05, 0.1) is 16.3 Å². The van der Waals surface area contributed by atoms with Gasteiger partial charge in [-0.2, -0.15) is 4.31 Å². The Morgan fingerprint density at radius 2 is 1.84 bits per heavy atom. The minimum atomic E-state index is -3.68. The number of anilines is 2. The van der Waals surface area contributed by atoms with Gasteiger partial charge in [0, 0.05) is 33.2 Å². The number of benzene rings is 1. The van der Waals surface area contributed by atoms with Crippen molar-refractivity contribution in [1.29, 1.82) is 0 Å². The van der Waals surface area contributed by atoms with E-state index in [9.17, 15) is 18.0 Å². The highest BCUT2D eigenvalue weighted by Crippen LogP contribution is 2.41. The molecule has 0 aromatic heterocycles. The first kappa shape index (κ1) is 24.5. The lowest BCUT2D eigenvalue weighted by atomic mass is 9.96. The van der Waals surface area contributed by atoms with Gasteiger partial charge in [-0.3, -0.25) is 14.5 Å². The molecule has 1 aromatic carbocycles. The van der Waals surface area contributed by atoms with E-state index in [-0.39, 0.29) is 29.3 Å². The normalized spacial score (nSPS) is 18.5. The van der Waals surface area contributed by atoms with Crippen LogP contribution < -0.4 is 9.80 Å². The second-order valence-corrected chi connectivity index (χ2v) is 10.5. The fourth-order valence-electron chi connectivity index (χ4n) is 4.55. The summed E-state index contributed by atoms with van der Waals surface area (Å²) >= 11 is 0. The van der Waals surface area contributed by atoms with E-state index >= 15 is 0 Å². The topological polar surface area (TPSA) is 81.2 Å². The van der Waals surface area contributed by atoms with Gasteiger partial charge in [0.15, 0.2) is 0 Å². The van der Waals surface area contributed by atoms with Crippen LogP contribution in [0.4, 0.5) is 11.4 Å². The molecule has 0 radical (unpaired) electrons. The minimum Gasteiger partial charge on any atom is -0.358 e. The highest BCUT2D eigenvalue weighted by atomic mass is 32.2. The van der Waals surface area contributed by atoms with Gasteiger partial charge >= 0.3 is 0 Å². The molecule has 0 aliphatic carbocycles. The molecule has 2 aliphatic rings. The molecule has 3 rings (SSSR count). The maximum Gasteiger partial charge on any atom is 0.250 e. The summed E-state index contributed by atoms with van der Waals surface area (Å²) in [6.45, 7) is 7.72. The van der Waals surface area contributed by atoms with Gasteiger partial charge in [0.2, 0.25) is 21.8 Å². The first-order valence-corrected chi connectivity index (χ1v) is 13.2. The van der Waals surface area contributed by atoms with E-state index in [1.807, 2.05) is 0 Å². The lowest BCUT2D eigenvalue weighted by Gasteiger charge is -2.45. The number of carbonyl (C=O) groups excluding carboxylic acids is 2. The second-order valence-electron chi connectivity index (χ2n) is 8.54. The number of fused-ring (bicyclic) bond motifs is 3. The van der Waals surface area contributed by atoms with Crippen LogP contribution in [0.15, 0.2) is 23.1 Å². The molecule has 0 saturated carbocycles. The molecular formula is C23H36N4O4S. The molecule has 1 atom stereocenters. The van der Waals surface area contributed by atoms with E-state index in [1.165, 1.54) is 9.21 Å². The van der Waals surface area contributed by atoms with Gasteiger partial charge < -0.3 is 9.80 Å². The van der Waals surface area contributed by atoms with Crippen LogP contribution in [0.5, 0.6) is 0 Å². The average Bonchev–Trinajstić information content (AvgIpc) is 2.80. The summed E-state index contributed by atoms with van der Waals surface area (Å²) < 4.78 is 27.7. The predicted octanol–water partition coefficient (Wildman–Crippen LogP) is 2.68. The van der Waals surface area contributed by atoms with Crippen LogP contribution in [0.3, 0.4) is 0 Å². The van der Waals surface area contributed by atoms with E-state index in [0.717, 1.165) is 44.3 Å². The molecule has 2 amide bonds. The van der Waals surface area contributed by atoms with Crippen molar-refractivity contribution in [3.05, 3.63) is 18.2 Å². The number of amides is 2. The SMILES string of the molecule is CCCCN(C)C(=O)CN1C(=O)[C@@H]2CCCCN2c2ccc(S(=O)(=O)N(CC)CC)cc21. The van der Waals surface area contributed by atoms with Crippen LogP contribution in [0.2, 0.25) is 0 Å². The number of rotatable bonds is 9. The molecule has 1 saturated heterocycles. The minimum absolute atomic E-state index is 0.0782. The van der Waals surface area contributed by atoms with Crippen molar-refractivity contribution in [2.45, 2.75) is 63.8 Å². The number of carbonyl (C=O) groups is 2. The van der Waals surface area contributed by atoms with E-state index in [0.29, 0.717) is 25.3 Å². The zero-order valence-electron chi connectivity index (χ0n) is 19.7. The van der Waals surface area contributed by atoms with Crippen LogP contribution in [0.25, 0.3) is 0 Å². The first-order valence-electron chi connectivity index (χ1n) is 11.7. The molecule has 178 valence electrons. The van der Waals surface area contributed by atoms with Gasteiger partial charge in [0.1, 0.15) is 12.6 Å².